The van der Waals surface area contributed by atoms with Crippen molar-refractivity contribution >= 4 is 0 Å². The Balaban J connectivity index is 1.94. The molecule has 2 nitrogen and oxygen atoms in total. The molecule has 0 spiro atoms. The van der Waals surface area contributed by atoms with Crippen LogP contribution in [0, 0.1) is 11.3 Å². The van der Waals surface area contributed by atoms with Crippen molar-refractivity contribution in [2.45, 2.75) is 44.6 Å². The largest absolute Gasteiger partial charge is 0.392 e. The topological polar surface area (TPSA) is 46.2 Å². The summed E-state index contributed by atoms with van der Waals surface area (Å²) in [6, 6.07) is 0. The molecule has 2 fully saturated rings. The van der Waals surface area contributed by atoms with Crippen molar-refractivity contribution in [3.8, 4) is 0 Å². The summed E-state index contributed by atoms with van der Waals surface area (Å²) in [7, 11) is 0. The van der Waals surface area contributed by atoms with Gasteiger partial charge in [0.1, 0.15) is 0 Å². The molecule has 0 bridgehead atoms. The quantitative estimate of drug-likeness (QED) is 0.668. The number of aliphatic hydroxyl groups is 1. The molecular weight excluding hydrogens is 150 g/mol. The fraction of sp³-hybridized carbons (Fsp3) is 1.00. The normalized spacial score (nSPS) is 30.5. The maximum atomic E-state index is 10.1. The zero-order valence-corrected chi connectivity index (χ0v) is 7.63. The van der Waals surface area contributed by atoms with Gasteiger partial charge < -0.3 is 10.8 Å². The van der Waals surface area contributed by atoms with Crippen LogP contribution in [0.2, 0.25) is 0 Å². The van der Waals surface area contributed by atoms with Crippen LogP contribution < -0.4 is 5.73 Å². The summed E-state index contributed by atoms with van der Waals surface area (Å²) in [6.07, 6.45) is 7.28. The van der Waals surface area contributed by atoms with Gasteiger partial charge in [0.05, 0.1) is 6.10 Å². The summed E-state index contributed by atoms with van der Waals surface area (Å²) >= 11 is 0. The van der Waals surface area contributed by atoms with Gasteiger partial charge in [-0.3, -0.25) is 0 Å². The molecule has 1 atom stereocenters. The number of nitrogens with two attached hydrogens (primary N) is 1. The highest BCUT2D eigenvalue weighted by atomic mass is 16.3. The van der Waals surface area contributed by atoms with E-state index in [1.807, 2.05) is 0 Å². The van der Waals surface area contributed by atoms with Crippen molar-refractivity contribution in [2.75, 3.05) is 6.54 Å². The minimum absolute atomic E-state index is 0.0926. The third-order valence-electron chi connectivity index (χ3n) is 3.77. The lowest BCUT2D eigenvalue weighted by molar-refractivity contribution is 0.0430. The van der Waals surface area contributed by atoms with E-state index >= 15 is 0 Å². The molecule has 3 N–H and O–H groups in total. The molecule has 70 valence electrons. The summed E-state index contributed by atoms with van der Waals surface area (Å²) < 4.78 is 0. The third-order valence-corrected chi connectivity index (χ3v) is 3.77. The van der Waals surface area contributed by atoms with Crippen molar-refractivity contribution < 1.29 is 5.11 Å². The van der Waals surface area contributed by atoms with Crippen LogP contribution in [0.5, 0.6) is 0 Å². The van der Waals surface area contributed by atoms with Crippen LogP contribution in [0.15, 0.2) is 0 Å². The lowest BCUT2D eigenvalue weighted by Crippen LogP contribution is -2.34. The van der Waals surface area contributed by atoms with Crippen LogP contribution in [0.3, 0.4) is 0 Å². The maximum absolute atomic E-state index is 10.1. The Morgan fingerprint density at radius 3 is 2.33 bits per heavy atom. The zero-order valence-electron chi connectivity index (χ0n) is 7.63. The second kappa shape index (κ2) is 3.00. The van der Waals surface area contributed by atoms with Crippen LogP contribution in [0.4, 0.5) is 0 Å². The summed E-state index contributed by atoms with van der Waals surface area (Å²) in [5.74, 6) is 0.566. The van der Waals surface area contributed by atoms with Crippen LogP contribution in [-0.4, -0.2) is 17.8 Å². The molecule has 0 aromatic carbocycles. The lowest BCUT2D eigenvalue weighted by atomic mass is 9.87. The minimum Gasteiger partial charge on any atom is -0.392 e. The molecule has 0 saturated heterocycles. The SMILES string of the molecule is NCC1(C(O)C2CCCC2)CC1. The number of aliphatic hydroxyl groups excluding tert-OH is 1. The average Bonchev–Trinajstić information content (AvgIpc) is 2.71. The Hall–Kier alpha value is -0.0800. The number of rotatable bonds is 3. The molecule has 0 heterocycles. The Bertz CT molecular complexity index is 159. The maximum Gasteiger partial charge on any atom is 0.0636 e. The summed E-state index contributed by atoms with van der Waals surface area (Å²) in [5.41, 5.74) is 5.83. The van der Waals surface area contributed by atoms with Gasteiger partial charge in [-0.25, -0.2) is 0 Å². The monoisotopic (exact) mass is 169 g/mol. The highest BCUT2D eigenvalue weighted by molar-refractivity contribution is 5.02. The van der Waals surface area contributed by atoms with Gasteiger partial charge in [-0.2, -0.15) is 0 Å². The second-order valence-corrected chi connectivity index (χ2v) is 4.56. The second-order valence-electron chi connectivity index (χ2n) is 4.56. The van der Waals surface area contributed by atoms with E-state index in [-0.39, 0.29) is 11.5 Å². The highest BCUT2D eigenvalue weighted by Gasteiger charge is 2.50. The molecule has 2 heteroatoms. The fourth-order valence-electron chi connectivity index (χ4n) is 2.55. The first-order valence-corrected chi connectivity index (χ1v) is 5.17. The molecule has 1 unspecified atom stereocenters. The standard InChI is InChI=1S/C10H19NO/c11-7-10(5-6-10)9(12)8-3-1-2-4-8/h8-9,12H,1-7,11H2. The number of hydrogen-bond acceptors (Lipinski definition) is 2. The van der Waals surface area contributed by atoms with E-state index < -0.39 is 0 Å². The van der Waals surface area contributed by atoms with E-state index in [0.29, 0.717) is 12.5 Å². The van der Waals surface area contributed by atoms with Gasteiger partial charge >= 0.3 is 0 Å². The zero-order chi connectivity index (χ0) is 8.60. The first kappa shape index (κ1) is 8.52. The first-order chi connectivity index (χ1) is 5.78. The molecule has 0 aliphatic heterocycles. The van der Waals surface area contributed by atoms with Gasteiger partial charge in [-0.1, -0.05) is 12.8 Å². The summed E-state index contributed by atoms with van der Waals surface area (Å²) in [6.45, 7) is 0.685. The fourth-order valence-corrected chi connectivity index (χ4v) is 2.55. The summed E-state index contributed by atoms with van der Waals surface area (Å²) in [5, 5.41) is 10.1. The van der Waals surface area contributed by atoms with E-state index in [1.165, 1.54) is 25.7 Å². The first-order valence-electron chi connectivity index (χ1n) is 5.17. The molecule has 2 aliphatic carbocycles. The van der Waals surface area contributed by atoms with E-state index in [4.69, 9.17) is 5.73 Å². The van der Waals surface area contributed by atoms with Gasteiger partial charge in [0, 0.05) is 12.0 Å². The molecule has 2 rings (SSSR count). The van der Waals surface area contributed by atoms with Crippen molar-refractivity contribution in [1.82, 2.24) is 0 Å². The molecule has 0 amide bonds. The van der Waals surface area contributed by atoms with Crippen LogP contribution in [0.25, 0.3) is 0 Å². The van der Waals surface area contributed by atoms with Crippen molar-refractivity contribution in [2.24, 2.45) is 17.1 Å². The summed E-state index contributed by atoms with van der Waals surface area (Å²) in [4.78, 5) is 0. The van der Waals surface area contributed by atoms with Crippen LogP contribution >= 0.6 is 0 Å². The highest BCUT2D eigenvalue weighted by Crippen LogP contribution is 2.52. The minimum atomic E-state index is -0.0926. The molecule has 0 radical (unpaired) electrons. The molecule has 2 aliphatic rings. The van der Waals surface area contributed by atoms with Crippen molar-refractivity contribution in [3.63, 3.8) is 0 Å². The third kappa shape index (κ3) is 1.27. The van der Waals surface area contributed by atoms with E-state index in [1.54, 1.807) is 0 Å². The molecule has 0 aromatic heterocycles. The van der Waals surface area contributed by atoms with Gasteiger partial charge in [0.15, 0.2) is 0 Å². The Kier molecular flexibility index (Phi) is 2.13. The molecule has 12 heavy (non-hydrogen) atoms. The lowest BCUT2D eigenvalue weighted by Gasteiger charge is -2.25. The van der Waals surface area contributed by atoms with Gasteiger partial charge in [0.25, 0.3) is 0 Å². The average molecular weight is 169 g/mol. The van der Waals surface area contributed by atoms with Gasteiger partial charge in [0.2, 0.25) is 0 Å². The molecular formula is C10H19NO. The van der Waals surface area contributed by atoms with Crippen LogP contribution in [-0.2, 0) is 0 Å². The predicted octanol–water partition coefficient (Wildman–Crippen LogP) is 1.28. The smallest absolute Gasteiger partial charge is 0.0636 e. The van der Waals surface area contributed by atoms with Gasteiger partial charge in [-0.05, 0) is 31.6 Å². The Morgan fingerprint density at radius 1 is 1.33 bits per heavy atom. The molecule has 2 saturated carbocycles. The van der Waals surface area contributed by atoms with Crippen molar-refractivity contribution in [3.05, 3.63) is 0 Å². The van der Waals surface area contributed by atoms with E-state index in [2.05, 4.69) is 0 Å². The van der Waals surface area contributed by atoms with E-state index in [9.17, 15) is 5.11 Å². The molecule has 0 aromatic rings. The van der Waals surface area contributed by atoms with Gasteiger partial charge in [-0.15, -0.1) is 0 Å². The van der Waals surface area contributed by atoms with E-state index in [0.717, 1.165) is 12.8 Å². The van der Waals surface area contributed by atoms with Crippen LogP contribution in [0.1, 0.15) is 38.5 Å². The Morgan fingerprint density at radius 2 is 1.92 bits per heavy atom. The van der Waals surface area contributed by atoms with Crippen molar-refractivity contribution in [1.29, 1.82) is 0 Å². The number of hydrogen-bond donors (Lipinski definition) is 2. The Labute approximate surface area is 74.1 Å². The predicted molar refractivity (Wildman–Crippen MR) is 48.7 cm³/mol.